The molecule has 1 fully saturated rings. The van der Waals surface area contributed by atoms with Gasteiger partial charge in [-0.3, -0.25) is 4.79 Å². The van der Waals surface area contributed by atoms with Gasteiger partial charge in [0, 0.05) is 10.2 Å². The first-order valence-electron chi connectivity index (χ1n) is 9.87. The second-order valence-electron chi connectivity index (χ2n) is 7.56. The summed E-state index contributed by atoms with van der Waals surface area (Å²) < 4.78 is 0.831. The highest BCUT2D eigenvalue weighted by Crippen LogP contribution is 2.49. The van der Waals surface area contributed by atoms with E-state index in [1.807, 2.05) is 12.1 Å². The van der Waals surface area contributed by atoms with E-state index in [2.05, 4.69) is 21.2 Å². The third-order valence-electron chi connectivity index (χ3n) is 5.62. The SMILES string of the molecule is CC1(c2ccccc2)C(=O)N(C(=O)O)N(C(=O)Nc2ccc(Br)cc2)C1c1ccccc1. The number of rotatable bonds is 3. The van der Waals surface area contributed by atoms with Crippen LogP contribution in [-0.4, -0.2) is 33.2 Å². The van der Waals surface area contributed by atoms with E-state index in [-0.39, 0.29) is 0 Å². The molecule has 4 amide bonds. The molecule has 0 spiro atoms. The smallest absolute Gasteiger partial charge is 0.433 e. The molecule has 0 aromatic heterocycles. The number of carboxylic acid groups (broad SMARTS) is 1. The Balaban J connectivity index is 1.86. The molecule has 2 atom stereocenters. The predicted octanol–water partition coefficient (Wildman–Crippen LogP) is 5.42. The first kappa shape index (κ1) is 21.6. The molecule has 162 valence electrons. The van der Waals surface area contributed by atoms with Gasteiger partial charge in [0.05, 0.1) is 6.04 Å². The number of hydrogen-bond acceptors (Lipinski definition) is 3. The maximum atomic E-state index is 13.6. The molecule has 2 N–H and O–H groups in total. The monoisotopic (exact) mass is 493 g/mol. The Labute approximate surface area is 193 Å². The van der Waals surface area contributed by atoms with Crippen molar-refractivity contribution in [2.75, 3.05) is 5.32 Å². The van der Waals surface area contributed by atoms with Gasteiger partial charge >= 0.3 is 12.1 Å². The third-order valence-corrected chi connectivity index (χ3v) is 6.15. The number of imide groups is 1. The molecular weight excluding hydrogens is 474 g/mol. The topological polar surface area (TPSA) is 90.0 Å². The Morgan fingerprint density at radius 3 is 2.06 bits per heavy atom. The van der Waals surface area contributed by atoms with E-state index < -0.39 is 29.5 Å². The Bertz CT molecular complexity index is 1150. The number of carbonyl (C=O) groups is 3. The number of urea groups is 1. The fourth-order valence-corrected chi connectivity index (χ4v) is 4.34. The van der Waals surface area contributed by atoms with Crippen LogP contribution >= 0.6 is 15.9 Å². The highest BCUT2D eigenvalue weighted by molar-refractivity contribution is 9.10. The predicted molar refractivity (Wildman–Crippen MR) is 123 cm³/mol. The average Bonchev–Trinajstić information content (AvgIpc) is 3.05. The van der Waals surface area contributed by atoms with Gasteiger partial charge in [0.15, 0.2) is 0 Å². The lowest BCUT2D eigenvalue weighted by atomic mass is 9.73. The zero-order chi connectivity index (χ0) is 22.9. The molecule has 4 rings (SSSR count). The van der Waals surface area contributed by atoms with Crippen LogP contribution < -0.4 is 5.32 Å². The summed E-state index contributed by atoms with van der Waals surface area (Å²) in [6.45, 7) is 1.67. The zero-order valence-electron chi connectivity index (χ0n) is 17.1. The Morgan fingerprint density at radius 1 is 0.938 bits per heavy atom. The van der Waals surface area contributed by atoms with Crippen LogP contribution in [0.5, 0.6) is 0 Å². The van der Waals surface area contributed by atoms with Crippen molar-refractivity contribution in [3.8, 4) is 0 Å². The molecule has 8 heteroatoms. The third kappa shape index (κ3) is 3.62. The van der Waals surface area contributed by atoms with Crippen LogP contribution in [-0.2, 0) is 10.2 Å². The molecule has 0 saturated carbocycles. The normalized spacial score (nSPS) is 20.3. The molecule has 0 radical (unpaired) electrons. The lowest BCUT2D eigenvalue weighted by Crippen LogP contribution is -2.48. The van der Waals surface area contributed by atoms with Crippen molar-refractivity contribution in [2.45, 2.75) is 18.4 Å². The molecule has 2 unspecified atom stereocenters. The first-order chi connectivity index (χ1) is 15.3. The number of nitrogens with one attached hydrogen (secondary N) is 1. The molecule has 1 aliphatic heterocycles. The lowest BCUT2D eigenvalue weighted by Gasteiger charge is -2.33. The molecular formula is C24H20BrN3O4. The summed E-state index contributed by atoms with van der Waals surface area (Å²) in [6, 6.07) is 23.1. The van der Waals surface area contributed by atoms with Gasteiger partial charge in [0.2, 0.25) is 0 Å². The van der Waals surface area contributed by atoms with Gasteiger partial charge < -0.3 is 10.4 Å². The Hall–Kier alpha value is -3.65. The highest BCUT2D eigenvalue weighted by Gasteiger charge is 2.61. The second kappa shape index (κ2) is 8.47. The van der Waals surface area contributed by atoms with Crippen molar-refractivity contribution in [3.63, 3.8) is 0 Å². The number of hydrogen-bond donors (Lipinski definition) is 2. The summed E-state index contributed by atoms with van der Waals surface area (Å²) in [7, 11) is 0. The second-order valence-corrected chi connectivity index (χ2v) is 8.48. The number of amides is 4. The fraction of sp³-hybridized carbons (Fsp3) is 0.125. The van der Waals surface area contributed by atoms with Crippen LogP contribution in [0.2, 0.25) is 0 Å². The van der Waals surface area contributed by atoms with E-state index in [4.69, 9.17) is 0 Å². The number of hydrazine groups is 1. The molecule has 0 aliphatic carbocycles. The number of nitrogens with zero attached hydrogens (tertiary/aromatic N) is 2. The van der Waals surface area contributed by atoms with Crippen molar-refractivity contribution in [3.05, 3.63) is 101 Å². The minimum absolute atomic E-state index is 0.469. The van der Waals surface area contributed by atoms with Crippen molar-refractivity contribution in [2.24, 2.45) is 0 Å². The van der Waals surface area contributed by atoms with Crippen LogP contribution in [0.3, 0.4) is 0 Å². The molecule has 3 aromatic rings. The first-order valence-corrected chi connectivity index (χ1v) is 10.7. The van der Waals surface area contributed by atoms with Crippen LogP contribution in [0, 0.1) is 0 Å². The van der Waals surface area contributed by atoms with Crippen LogP contribution in [0.1, 0.15) is 24.1 Å². The average molecular weight is 494 g/mol. The Morgan fingerprint density at radius 2 is 1.50 bits per heavy atom. The molecule has 0 bridgehead atoms. The van der Waals surface area contributed by atoms with Gasteiger partial charge in [-0.15, -0.1) is 5.01 Å². The Kier molecular flexibility index (Phi) is 5.71. The van der Waals surface area contributed by atoms with Crippen molar-refractivity contribution >= 4 is 39.6 Å². The standard InChI is InChI=1S/C24H20BrN3O4/c1-24(17-10-6-3-7-11-17)20(16-8-4-2-5-9-16)27(28(21(24)29)23(31)32)22(30)26-19-14-12-18(25)13-15-19/h2-15,20H,1H3,(H,26,30)(H,31,32). The van der Waals surface area contributed by atoms with Gasteiger partial charge in [-0.05, 0) is 42.3 Å². The molecule has 1 saturated heterocycles. The molecule has 1 aliphatic rings. The summed E-state index contributed by atoms with van der Waals surface area (Å²) in [5.41, 5.74) is 0.403. The molecule has 1 heterocycles. The molecule has 32 heavy (non-hydrogen) atoms. The number of carbonyl (C=O) groups excluding carboxylic acids is 2. The number of benzene rings is 3. The summed E-state index contributed by atoms with van der Waals surface area (Å²) >= 11 is 3.34. The van der Waals surface area contributed by atoms with Gasteiger partial charge in [0.25, 0.3) is 5.91 Å². The van der Waals surface area contributed by atoms with Crippen molar-refractivity contribution < 1.29 is 19.5 Å². The summed E-state index contributed by atoms with van der Waals surface area (Å²) in [5, 5.41) is 14.1. The quantitative estimate of drug-likeness (QED) is 0.509. The maximum Gasteiger partial charge on any atom is 0.433 e. The minimum atomic E-state index is -1.53. The van der Waals surface area contributed by atoms with Gasteiger partial charge in [0.1, 0.15) is 5.41 Å². The van der Waals surface area contributed by atoms with E-state index in [1.54, 1.807) is 79.7 Å². The number of halogens is 1. The van der Waals surface area contributed by atoms with E-state index in [0.29, 0.717) is 21.8 Å². The summed E-state index contributed by atoms with van der Waals surface area (Å²) in [5.74, 6) is -0.698. The van der Waals surface area contributed by atoms with Crippen LogP contribution in [0.4, 0.5) is 15.3 Å². The van der Waals surface area contributed by atoms with Gasteiger partial charge in [-0.1, -0.05) is 76.6 Å². The minimum Gasteiger partial charge on any atom is -0.463 e. The van der Waals surface area contributed by atoms with E-state index >= 15 is 0 Å². The molecule has 7 nitrogen and oxygen atoms in total. The van der Waals surface area contributed by atoms with Crippen molar-refractivity contribution in [1.29, 1.82) is 0 Å². The van der Waals surface area contributed by atoms with Crippen LogP contribution in [0.15, 0.2) is 89.4 Å². The fourth-order valence-electron chi connectivity index (χ4n) is 4.07. The lowest BCUT2D eigenvalue weighted by molar-refractivity contribution is -0.134. The summed E-state index contributed by atoms with van der Waals surface area (Å²) in [4.78, 5) is 39.2. The van der Waals surface area contributed by atoms with E-state index in [0.717, 1.165) is 9.48 Å². The van der Waals surface area contributed by atoms with Crippen molar-refractivity contribution in [1.82, 2.24) is 10.0 Å². The largest absolute Gasteiger partial charge is 0.463 e. The highest BCUT2D eigenvalue weighted by atomic mass is 79.9. The molecule has 3 aromatic carbocycles. The van der Waals surface area contributed by atoms with Gasteiger partial charge in [-0.2, -0.15) is 0 Å². The summed E-state index contributed by atoms with van der Waals surface area (Å²) in [6.07, 6.45) is -1.53. The zero-order valence-corrected chi connectivity index (χ0v) is 18.7. The van der Waals surface area contributed by atoms with E-state index in [9.17, 15) is 19.5 Å². The van der Waals surface area contributed by atoms with Crippen LogP contribution in [0.25, 0.3) is 0 Å². The van der Waals surface area contributed by atoms with E-state index in [1.165, 1.54) is 0 Å². The number of anilines is 1. The van der Waals surface area contributed by atoms with Gasteiger partial charge in [-0.25, -0.2) is 14.6 Å². The maximum absolute atomic E-state index is 13.6.